The van der Waals surface area contributed by atoms with Crippen LogP contribution in [-0.2, 0) is 4.74 Å². The van der Waals surface area contributed by atoms with E-state index in [0.29, 0.717) is 29.8 Å². The summed E-state index contributed by atoms with van der Waals surface area (Å²) in [5, 5.41) is 4.02. The van der Waals surface area contributed by atoms with Gasteiger partial charge in [0.25, 0.3) is 5.89 Å². The van der Waals surface area contributed by atoms with Gasteiger partial charge in [0.1, 0.15) is 11.9 Å². The maximum absolute atomic E-state index is 5.89. The quantitative estimate of drug-likeness (QED) is 0.823. The van der Waals surface area contributed by atoms with E-state index in [0.717, 1.165) is 5.56 Å². The highest BCUT2D eigenvalue weighted by atomic mass is 16.5. The summed E-state index contributed by atoms with van der Waals surface area (Å²) in [5.41, 5.74) is 7.18. The van der Waals surface area contributed by atoms with E-state index in [4.69, 9.17) is 19.7 Å². The second-order valence-electron chi connectivity index (χ2n) is 5.03. The second kappa shape index (κ2) is 6.58. The van der Waals surface area contributed by atoms with Gasteiger partial charge in [0.15, 0.2) is 0 Å². The number of rotatable bonds is 6. The van der Waals surface area contributed by atoms with E-state index in [1.807, 2.05) is 13.0 Å². The Morgan fingerprint density at radius 3 is 2.67 bits per heavy atom. The van der Waals surface area contributed by atoms with E-state index in [-0.39, 0.29) is 12.0 Å². The number of hydrogen-bond acceptors (Lipinski definition) is 6. The number of nitrogen functional groups attached to an aromatic ring is 1. The molecule has 0 aliphatic rings. The number of benzene rings is 1. The molecule has 0 aliphatic carbocycles. The van der Waals surface area contributed by atoms with Crippen LogP contribution in [0.25, 0.3) is 11.5 Å². The molecule has 6 nitrogen and oxygen atoms in total. The lowest BCUT2D eigenvalue weighted by atomic mass is 10.1. The van der Waals surface area contributed by atoms with Gasteiger partial charge < -0.3 is 19.7 Å². The Kier molecular flexibility index (Phi) is 4.80. The summed E-state index contributed by atoms with van der Waals surface area (Å²) in [7, 11) is 1.57. The van der Waals surface area contributed by atoms with E-state index < -0.39 is 0 Å². The number of hydrogen-bond donors (Lipinski definition) is 1. The van der Waals surface area contributed by atoms with Crippen molar-refractivity contribution < 1.29 is 14.0 Å². The lowest BCUT2D eigenvalue weighted by Crippen LogP contribution is -2.12. The highest BCUT2D eigenvalue weighted by molar-refractivity contribution is 5.65. The number of aromatic nitrogens is 2. The molecule has 1 heterocycles. The summed E-state index contributed by atoms with van der Waals surface area (Å²) in [6.45, 7) is 6.66. The fourth-order valence-electron chi connectivity index (χ4n) is 2.08. The van der Waals surface area contributed by atoms with Crippen molar-refractivity contribution in [3.8, 4) is 17.2 Å². The Hall–Kier alpha value is -2.08. The fraction of sp³-hybridized carbons (Fsp3) is 0.467. The van der Waals surface area contributed by atoms with Gasteiger partial charge >= 0.3 is 0 Å². The molecule has 1 aromatic carbocycles. The van der Waals surface area contributed by atoms with Crippen molar-refractivity contribution >= 4 is 5.69 Å². The topological polar surface area (TPSA) is 83.4 Å². The number of nitrogens with two attached hydrogens (primary N) is 1. The average molecular weight is 291 g/mol. The Balaban J connectivity index is 2.28. The molecule has 0 spiro atoms. The van der Waals surface area contributed by atoms with Crippen LogP contribution in [0.1, 0.15) is 32.7 Å². The third-order valence-electron chi connectivity index (χ3n) is 3.12. The number of anilines is 1. The van der Waals surface area contributed by atoms with Gasteiger partial charge in [0.2, 0.25) is 5.82 Å². The minimum atomic E-state index is -0.178. The van der Waals surface area contributed by atoms with E-state index in [2.05, 4.69) is 24.0 Å². The Morgan fingerprint density at radius 1 is 1.33 bits per heavy atom. The second-order valence-corrected chi connectivity index (χ2v) is 5.03. The smallest absolute Gasteiger partial charge is 0.258 e. The van der Waals surface area contributed by atoms with Gasteiger partial charge in [-0.25, -0.2) is 0 Å². The fourth-order valence-corrected chi connectivity index (χ4v) is 2.08. The highest BCUT2D eigenvalue weighted by Gasteiger charge is 2.22. The van der Waals surface area contributed by atoms with Crippen LogP contribution < -0.4 is 10.5 Å². The molecule has 0 saturated carbocycles. The normalized spacial score (nSPS) is 12.6. The minimum Gasteiger partial charge on any atom is -0.495 e. The van der Waals surface area contributed by atoms with Crippen molar-refractivity contribution in [2.24, 2.45) is 5.92 Å². The first-order valence-electron chi connectivity index (χ1n) is 6.95. The van der Waals surface area contributed by atoms with Gasteiger partial charge in [-0.2, -0.15) is 4.98 Å². The number of methoxy groups -OCH3 is 1. The van der Waals surface area contributed by atoms with Gasteiger partial charge in [-0.15, -0.1) is 0 Å². The van der Waals surface area contributed by atoms with Crippen LogP contribution in [-0.4, -0.2) is 23.9 Å². The van der Waals surface area contributed by atoms with E-state index in [1.54, 1.807) is 19.2 Å². The third kappa shape index (κ3) is 3.33. The largest absolute Gasteiger partial charge is 0.495 e. The van der Waals surface area contributed by atoms with Crippen molar-refractivity contribution in [2.75, 3.05) is 19.5 Å². The standard InChI is InChI=1S/C15H21N3O3/c1-5-20-13(9(2)3)14-17-15(21-18-14)10-6-7-12(19-4)11(16)8-10/h6-9,13H,5,16H2,1-4H3. The molecule has 0 aliphatic heterocycles. The van der Waals surface area contributed by atoms with Gasteiger partial charge in [-0.1, -0.05) is 19.0 Å². The molecule has 0 radical (unpaired) electrons. The molecule has 0 bridgehead atoms. The monoisotopic (exact) mass is 291 g/mol. The molecule has 6 heteroatoms. The van der Waals surface area contributed by atoms with Crippen LogP contribution in [0, 0.1) is 5.92 Å². The molecule has 21 heavy (non-hydrogen) atoms. The van der Waals surface area contributed by atoms with Gasteiger partial charge in [0.05, 0.1) is 12.8 Å². The van der Waals surface area contributed by atoms with Crippen LogP contribution in [0.4, 0.5) is 5.69 Å². The first kappa shape index (κ1) is 15.3. The molecule has 2 rings (SSSR count). The van der Waals surface area contributed by atoms with Crippen molar-refractivity contribution in [3.63, 3.8) is 0 Å². The lowest BCUT2D eigenvalue weighted by molar-refractivity contribution is 0.0217. The summed E-state index contributed by atoms with van der Waals surface area (Å²) in [4.78, 5) is 4.42. The van der Waals surface area contributed by atoms with Crippen LogP contribution in [0.3, 0.4) is 0 Å². The van der Waals surface area contributed by atoms with Crippen LogP contribution in [0.5, 0.6) is 5.75 Å². The zero-order valence-electron chi connectivity index (χ0n) is 12.8. The van der Waals surface area contributed by atoms with Crippen molar-refractivity contribution in [3.05, 3.63) is 24.0 Å². The van der Waals surface area contributed by atoms with Gasteiger partial charge in [-0.3, -0.25) is 0 Å². The van der Waals surface area contributed by atoms with E-state index in [9.17, 15) is 0 Å². The highest BCUT2D eigenvalue weighted by Crippen LogP contribution is 2.29. The van der Waals surface area contributed by atoms with Crippen molar-refractivity contribution in [1.82, 2.24) is 10.1 Å². The summed E-state index contributed by atoms with van der Waals surface area (Å²) in [5.74, 6) is 1.85. The SMILES string of the molecule is CCOC(c1noc(-c2ccc(OC)c(N)c2)n1)C(C)C. The van der Waals surface area contributed by atoms with E-state index >= 15 is 0 Å². The molecule has 1 aromatic heterocycles. The summed E-state index contributed by atoms with van der Waals surface area (Å²) < 4.78 is 16.1. The molecule has 114 valence electrons. The predicted molar refractivity (Wildman–Crippen MR) is 79.9 cm³/mol. The number of ether oxygens (including phenoxy) is 2. The summed E-state index contributed by atoms with van der Waals surface area (Å²) in [6, 6.07) is 5.36. The Labute approximate surface area is 124 Å². The van der Waals surface area contributed by atoms with Gasteiger partial charge in [-0.05, 0) is 31.0 Å². The van der Waals surface area contributed by atoms with E-state index in [1.165, 1.54) is 0 Å². The first-order chi connectivity index (χ1) is 10.1. The van der Waals surface area contributed by atoms with Crippen LogP contribution in [0.2, 0.25) is 0 Å². The first-order valence-corrected chi connectivity index (χ1v) is 6.95. The summed E-state index contributed by atoms with van der Waals surface area (Å²) >= 11 is 0. The maximum atomic E-state index is 5.89. The average Bonchev–Trinajstić information content (AvgIpc) is 2.93. The molecule has 0 fully saturated rings. The molecule has 0 saturated heterocycles. The maximum Gasteiger partial charge on any atom is 0.258 e. The molecular formula is C15H21N3O3. The molecule has 2 N–H and O–H groups in total. The van der Waals surface area contributed by atoms with Crippen LogP contribution in [0.15, 0.2) is 22.7 Å². The Morgan fingerprint density at radius 2 is 2.10 bits per heavy atom. The molecule has 1 unspecified atom stereocenters. The van der Waals surface area contributed by atoms with Crippen molar-refractivity contribution in [1.29, 1.82) is 0 Å². The Bertz CT molecular complexity index is 596. The minimum absolute atomic E-state index is 0.178. The van der Waals surface area contributed by atoms with Crippen molar-refractivity contribution in [2.45, 2.75) is 26.9 Å². The molecule has 2 aromatic rings. The zero-order valence-corrected chi connectivity index (χ0v) is 12.8. The van der Waals surface area contributed by atoms with Gasteiger partial charge in [0, 0.05) is 12.2 Å². The summed E-state index contributed by atoms with van der Waals surface area (Å²) in [6.07, 6.45) is -0.178. The zero-order chi connectivity index (χ0) is 15.4. The lowest BCUT2D eigenvalue weighted by Gasteiger charge is -2.16. The molecule has 0 amide bonds. The predicted octanol–water partition coefficient (Wildman–Crippen LogP) is 3.06. The third-order valence-corrected chi connectivity index (χ3v) is 3.12. The van der Waals surface area contributed by atoms with Crippen LogP contribution >= 0.6 is 0 Å². The molecule has 1 atom stereocenters. The molecular weight excluding hydrogens is 270 g/mol. The number of nitrogens with zero attached hydrogens (tertiary/aromatic N) is 2.